The van der Waals surface area contributed by atoms with Gasteiger partial charge in [0, 0.05) is 11.5 Å². The Balaban J connectivity index is 2.43. The van der Waals surface area contributed by atoms with Crippen molar-refractivity contribution in [3.63, 3.8) is 0 Å². The molecule has 0 unspecified atom stereocenters. The van der Waals surface area contributed by atoms with E-state index in [0.29, 0.717) is 5.56 Å². The molecule has 0 aromatic heterocycles. The topological polar surface area (TPSA) is 37.3 Å². The molecule has 1 aromatic carbocycles. The van der Waals surface area contributed by atoms with Crippen LogP contribution in [0, 0.1) is 5.92 Å². The van der Waals surface area contributed by atoms with Crippen LogP contribution >= 0.6 is 0 Å². The normalized spacial score (nSPS) is 14.2. The van der Waals surface area contributed by atoms with Gasteiger partial charge < -0.3 is 5.11 Å². The number of hydrogen-bond acceptors (Lipinski definition) is 2. The molecule has 0 amide bonds. The van der Waals surface area contributed by atoms with E-state index in [9.17, 15) is 9.90 Å². The molecule has 0 aliphatic heterocycles. The molecule has 2 atom stereocenters. The van der Waals surface area contributed by atoms with Gasteiger partial charge in [0.15, 0.2) is 5.78 Å². The molecule has 0 heterocycles. The number of unbranched alkanes of at least 4 members (excludes halogenated alkanes) is 3. The van der Waals surface area contributed by atoms with E-state index < -0.39 is 6.10 Å². The fourth-order valence-corrected chi connectivity index (χ4v) is 2.07. The second kappa shape index (κ2) is 8.04. The van der Waals surface area contributed by atoms with Crippen molar-refractivity contribution in [2.45, 2.75) is 52.1 Å². The van der Waals surface area contributed by atoms with E-state index in [-0.39, 0.29) is 11.7 Å². The van der Waals surface area contributed by atoms with E-state index in [1.165, 1.54) is 12.8 Å². The van der Waals surface area contributed by atoms with Crippen LogP contribution in [0.15, 0.2) is 30.3 Å². The highest BCUT2D eigenvalue weighted by atomic mass is 16.3. The molecule has 2 nitrogen and oxygen atoms in total. The van der Waals surface area contributed by atoms with Crippen molar-refractivity contribution < 1.29 is 9.90 Å². The molecule has 0 saturated heterocycles. The maximum Gasteiger partial charge on any atom is 0.168 e. The Labute approximate surface area is 110 Å². The lowest BCUT2D eigenvalue weighted by molar-refractivity contribution is 0.0683. The average Bonchev–Trinajstić information content (AvgIpc) is 2.42. The third-order valence-corrected chi connectivity index (χ3v) is 3.40. The minimum absolute atomic E-state index is 0.0404. The van der Waals surface area contributed by atoms with Crippen LogP contribution in [0.5, 0.6) is 0 Å². The second-order valence-corrected chi connectivity index (χ2v) is 4.94. The van der Waals surface area contributed by atoms with Crippen molar-refractivity contribution in [3.8, 4) is 0 Å². The first-order chi connectivity index (χ1) is 8.66. The van der Waals surface area contributed by atoms with Gasteiger partial charge in [-0.05, 0) is 6.42 Å². The van der Waals surface area contributed by atoms with Gasteiger partial charge in [-0.25, -0.2) is 0 Å². The van der Waals surface area contributed by atoms with Crippen LogP contribution in [0.1, 0.15) is 56.3 Å². The molecule has 100 valence electrons. The van der Waals surface area contributed by atoms with Gasteiger partial charge in [-0.3, -0.25) is 4.79 Å². The molecule has 2 heteroatoms. The van der Waals surface area contributed by atoms with Gasteiger partial charge in [0.05, 0.1) is 6.10 Å². The highest BCUT2D eigenvalue weighted by Crippen LogP contribution is 2.17. The molecule has 0 aliphatic carbocycles. The number of hydrogen-bond donors (Lipinski definition) is 1. The van der Waals surface area contributed by atoms with Gasteiger partial charge in [-0.1, -0.05) is 69.9 Å². The molecule has 0 aliphatic rings. The monoisotopic (exact) mass is 248 g/mol. The Bertz CT molecular complexity index is 345. The van der Waals surface area contributed by atoms with E-state index in [1.54, 1.807) is 0 Å². The van der Waals surface area contributed by atoms with Crippen molar-refractivity contribution in [3.05, 3.63) is 35.9 Å². The van der Waals surface area contributed by atoms with Gasteiger partial charge in [-0.15, -0.1) is 0 Å². The van der Waals surface area contributed by atoms with E-state index in [1.807, 2.05) is 37.3 Å². The number of rotatable bonds is 8. The van der Waals surface area contributed by atoms with Crippen LogP contribution in [-0.4, -0.2) is 17.0 Å². The number of carbonyl (C=O) groups excluding carboxylic acids is 1. The zero-order valence-electron chi connectivity index (χ0n) is 11.4. The van der Waals surface area contributed by atoms with E-state index in [4.69, 9.17) is 0 Å². The van der Waals surface area contributed by atoms with E-state index in [2.05, 4.69) is 6.92 Å². The molecular formula is C16H24O2. The van der Waals surface area contributed by atoms with Crippen LogP contribution in [-0.2, 0) is 0 Å². The molecule has 0 saturated carbocycles. The van der Waals surface area contributed by atoms with Gasteiger partial charge in [0.2, 0.25) is 0 Å². The maximum absolute atomic E-state index is 12.1. The Morgan fingerprint density at radius 3 is 2.44 bits per heavy atom. The lowest BCUT2D eigenvalue weighted by Crippen LogP contribution is -2.25. The van der Waals surface area contributed by atoms with Gasteiger partial charge in [0.25, 0.3) is 0 Å². The Kier molecular flexibility index (Phi) is 6.66. The lowest BCUT2D eigenvalue weighted by Gasteiger charge is -2.17. The summed E-state index contributed by atoms with van der Waals surface area (Å²) in [5, 5.41) is 10.0. The van der Waals surface area contributed by atoms with Crippen LogP contribution in [0.3, 0.4) is 0 Å². The van der Waals surface area contributed by atoms with Gasteiger partial charge in [-0.2, -0.15) is 0 Å². The Hall–Kier alpha value is -1.15. The van der Waals surface area contributed by atoms with Crippen molar-refractivity contribution in [2.75, 3.05) is 0 Å². The summed E-state index contributed by atoms with van der Waals surface area (Å²) in [6.45, 7) is 3.98. The zero-order chi connectivity index (χ0) is 13.4. The molecule has 0 radical (unpaired) electrons. The molecular weight excluding hydrogens is 224 g/mol. The molecule has 18 heavy (non-hydrogen) atoms. The Morgan fingerprint density at radius 1 is 1.17 bits per heavy atom. The van der Waals surface area contributed by atoms with Crippen molar-refractivity contribution in [1.29, 1.82) is 0 Å². The Morgan fingerprint density at radius 2 is 1.83 bits per heavy atom. The van der Waals surface area contributed by atoms with Crippen LogP contribution in [0.4, 0.5) is 0 Å². The average molecular weight is 248 g/mol. The number of carbonyl (C=O) groups is 1. The summed E-state index contributed by atoms with van der Waals surface area (Å²) in [4.78, 5) is 12.1. The number of Topliss-reactive ketones (excluding diaryl/α,β-unsaturated/α-hetero) is 1. The quantitative estimate of drug-likeness (QED) is 0.560. The molecule has 1 rings (SSSR count). The molecule has 0 fully saturated rings. The first-order valence-corrected chi connectivity index (χ1v) is 6.94. The van der Waals surface area contributed by atoms with Crippen molar-refractivity contribution >= 4 is 5.78 Å². The fourth-order valence-electron chi connectivity index (χ4n) is 2.07. The molecule has 0 bridgehead atoms. The highest BCUT2D eigenvalue weighted by Gasteiger charge is 2.22. The number of aliphatic hydroxyl groups is 1. The first-order valence-electron chi connectivity index (χ1n) is 6.94. The van der Waals surface area contributed by atoms with E-state index in [0.717, 1.165) is 19.3 Å². The standard InChI is InChI=1S/C16H24O2/c1-3-4-5-9-12-15(17)13(2)16(18)14-10-7-6-8-11-14/h6-8,10-11,13,15,17H,3-5,9,12H2,1-2H3/t13-,15+/m0/s1. The molecule has 0 spiro atoms. The van der Waals surface area contributed by atoms with Crippen LogP contribution in [0.2, 0.25) is 0 Å². The second-order valence-electron chi connectivity index (χ2n) is 4.94. The highest BCUT2D eigenvalue weighted by molar-refractivity contribution is 5.97. The maximum atomic E-state index is 12.1. The third-order valence-electron chi connectivity index (χ3n) is 3.40. The van der Waals surface area contributed by atoms with Gasteiger partial charge in [0.1, 0.15) is 0 Å². The number of aliphatic hydroxyl groups excluding tert-OH is 1. The summed E-state index contributed by atoms with van der Waals surface area (Å²) in [6, 6.07) is 9.22. The summed E-state index contributed by atoms with van der Waals surface area (Å²) in [6.07, 6.45) is 4.73. The van der Waals surface area contributed by atoms with Crippen LogP contribution < -0.4 is 0 Å². The predicted molar refractivity (Wildman–Crippen MR) is 74.7 cm³/mol. The first kappa shape index (κ1) is 14.9. The fraction of sp³-hybridized carbons (Fsp3) is 0.562. The zero-order valence-corrected chi connectivity index (χ0v) is 11.4. The summed E-state index contributed by atoms with van der Waals surface area (Å²) in [7, 11) is 0. The van der Waals surface area contributed by atoms with Gasteiger partial charge >= 0.3 is 0 Å². The predicted octanol–water partition coefficient (Wildman–Crippen LogP) is 3.84. The van der Waals surface area contributed by atoms with Crippen LogP contribution in [0.25, 0.3) is 0 Å². The largest absolute Gasteiger partial charge is 0.392 e. The summed E-state index contributed by atoms with van der Waals surface area (Å²) in [5.41, 5.74) is 0.692. The summed E-state index contributed by atoms with van der Waals surface area (Å²) >= 11 is 0. The molecule has 1 aromatic rings. The van der Waals surface area contributed by atoms with E-state index >= 15 is 0 Å². The minimum Gasteiger partial charge on any atom is -0.392 e. The third kappa shape index (κ3) is 4.61. The molecule has 1 N–H and O–H groups in total. The number of benzene rings is 1. The minimum atomic E-state index is -0.519. The smallest absolute Gasteiger partial charge is 0.168 e. The number of ketones is 1. The van der Waals surface area contributed by atoms with Crippen molar-refractivity contribution in [1.82, 2.24) is 0 Å². The SMILES string of the molecule is CCCCCC[C@@H](O)[C@H](C)C(=O)c1ccccc1. The summed E-state index contributed by atoms with van der Waals surface area (Å²) < 4.78 is 0. The summed E-state index contributed by atoms with van der Waals surface area (Å²) in [5.74, 6) is -0.271. The lowest BCUT2D eigenvalue weighted by atomic mass is 9.91. The van der Waals surface area contributed by atoms with Crippen molar-refractivity contribution in [2.24, 2.45) is 5.92 Å².